The van der Waals surface area contributed by atoms with Crippen LogP contribution in [0.3, 0.4) is 0 Å². The number of halogens is 3. The van der Waals surface area contributed by atoms with E-state index in [4.69, 9.17) is 28.9 Å². The third kappa shape index (κ3) is 1.80. The van der Waals surface area contributed by atoms with E-state index in [1.165, 1.54) is 0 Å². The molecule has 0 spiro atoms. The Bertz CT molecular complexity index is 351. The van der Waals surface area contributed by atoms with E-state index in [0.29, 0.717) is 0 Å². The molecule has 1 aliphatic rings. The largest absolute Gasteiger partial charge is 0.399 e. The van der Waals surface area contributed by atoms with Crippen molar-refractivity contribution in [2.45, 2.75) is 16.7 Å². The summed E-state index contributed by atoms with van der Waals surface area (Å²) in [4.78, 5) is 0. The number of hydrogen-bond acceptors (Lipinski definition) is 1. The van der Waals surface area contributed by atoms with Crippen molar-refractivity contribution in [2.75, 3.05) is 5.73 Å². The second-order valence-corrected chi connectivity index (χ2v) is 5.70. The zero-order valence-corrected chi connectivity index (χ0v) is 9.83. The molecule has 0 radical (unpaired) electrons. The zero-order chi connectivity index (χ0) is 9.64. The molecule has 4 heteroatoms. The lowest BCUT2D eigenvalue weighted by atomic mass is 10.1. The maximum absolute atomic E-state index is 5.97. The second kappa shape index (κ2) is 3.04. The summed E-state index contributed by atoms with van der Waals surface area (Å²) in [6.45, 7) is 0. The predicted molar refractivity (Wildman–Crippen MR) is 60.3 cm³/mol. The van der Waals surface area contributed by atoms with Crippen molar-refractivity contribution in [1.82, 2.24) is 0 Å². The number of rotatable bonds is 1. The maximum atomic E-state index is 5.97. The Labute approximate surface area is 95.3 Å². The molecule has 1 atom stereocenters. The van der Waals surface area contributed by atoms with Gasteiger partial charge >= 0.3 is 0 Å². The third-order valence-electron chi connectivity index (χ3n) is 2.23. The molecule has 2 rings (SSSR count). The number of benzene rings is 1. The van der Waals surface area contributed by atoms with Crippen molar-refractivity contribution in [1.29, 1.82) is 0 Å². The molecule has 1 aromatic carbocycles. The van der Waals surface area contributed by atoms with Gasteiger partial charge in [0.25, 0.3) is 0 Å². The summed E-state index contributed by atoms with van der Waals surface area (Å²) in [5, 5.41) is 0. The summed E-state index contributed by atoms with van der Waals surface area (Å²) in [7, 11) is 0. The molecule has 1 fully saturated rings. The summed E-state index contributed by atoms with van der Waals surface area (Å²) < 4.78 is 0.416. The number of alkyl halides is 2. The molecular formula is C9H8BrCl2N. The van der Waals surface area contributed by atoms with Crippen LogP contribution in [0.4, 0.5) is 5.69 Å². The van der Waals surface area contributed by atoms with Crippen LogP contribution in [0, 0.1) is 0 Å². The lowest BCUT2D eigenvalue weighted by Crippen LogP contribution is -1.92. The standard InChI is InChI=1S/C9H8BrCl2N/c10-8-3-5(13)1-2-6(8)7-4-9(7,11)12/h1-3,7H,4,13H2. The van der Waals surface area contributed by atoms with Gasteiger partial charge < -0.3 is 5.73 Å². The normalized spacial score (nSPS) is 24.4. The van der Waals surface area contributed by atoms with Gasteiger partial charge in [0, 0.05) is 16.1 Å². The van der Waals surface area contributed by atoms with Crippen LogP contribution in [0.2, 0.25) is 0 Å². The lowest BCUT2D eigenvalue weighted by molar-refractivity contribution is 1.09. The van der Waals surface area contributed by atoms with Gasteiger partial charge in [0.2, 0.25) is 0 Å². The Morgan fingerprint density at radius 2 is 2.08 bits per heavy atom. The van der Waals surface area contributed by atoms with Crippen molar-refractivity contribution in [3.8, 4) is 0 Å². The molecule has 0 aromatic heterocycles. The van der Waals surface area contributed by atoms with Crippen LogP contribution >= 0.6 is 39.1 Å². The van der Waals surface area contributed by atoms with Crippen molar-refractivity contribution >= 4 is 44.8 Å². The lowest BCUT2D eigenvalue weighted by Gasteiger charge is -2.04. The molecule has 0 bridgehead atoms. The van der Waals surface area contributed by atoms with E-state index in [1.54, 1.807) is 0 Å². The van der Waals surface area contributed by atoms with E-state index < -0.39 is 4.33 Å². The number of nitrogens with two attached hydrogens (primary N) is 1. The van der Waals surface area contributed by atoms with Gasteiger partial charge in [-0.05, 0) is 24.1 Å². The minimum absolute atomic E-state index is 0.241. The van der Waals surface area contributed by atoms with Crippen LogP contribution in [-0.2, 0) is 0 Å². The first-order chi connectivity index (χ1) is 6.00. The van der Waals surface area contributed by atoms with E-state index in [-0.39, 0.29) is 5.92 Å². The molecule has 1 aromatic rings. The molecule has 1 nitrogen and oxygen atoms in total. The maximum Gasteiger partial charge on any atom is 0.126 e. The highest BCUT2D eigenvalue weighted by molar-refractivity contribution is 9.10. The smallest absolute Gasteiger partial charge is 0.126 e. The highest BCUT2D eigenvalue weighted by Gasteiger charge is 2.53. The average Bonchev–Trinajstić information content (AvgIpc) is 2.59. The van der Waals surface area contributed by atoms with Crippen LogP contribution < -0.4 is 5.73 Å². The third-order valence-corrected chi connectivity index (χ3v) is 3.75. The highest BCUT2D eigenvalue weighted by atomic mass is 79.9. The van der Waals surface area contributed by atoms with Gasteiger partial charge in [0.1, 0.15) is 4.33 Å². The fraction of sp³-hybridized carbons (Fsp3) is 0.333. The SMILES string of the molecule is Nc1ccc(C2CC2(Cl)Cl)c(Br)c1. The molecule has 0 aliphatic heterocycles. The summed E-state index contributed by atoms with van der Waals surface area (Å²) in [5.41, 5.74) is 7.50. The first kappa shape index (κ1) is 9.63. The fourth-order valence-electron chi connectivity index (χ4n) is 1.38. The monoisotopic (exact) mass is 279 g/mol. The van der Waals surface area contributed by atoms with Crippen LogP contribution in [0.25, 0.3) is 0 Å². The fourth-order valence-corrected chi connectivity index (χ4v) is 2.59. The van der Waals surface area contributed by atoms with Gasteiger partial charge in [0.15, 0.2) is 0 Å². The van der Waals surface area contributed by atoms with Crippen molar-refractivity contribution in [2.24, 2.45) is 0 Å². The molecule has 1 saturated carbocycles. The zero-order valence-electron chi connectivity index (χ0n) is 6.73. The minimum Gasteiger partial charge on any atom is -0.399 e. The van der Waals surface area contributed by atoms with E-state index in [9.17, 15) is 0 Å². The molecule has 1 aliphatic carbocycles. The van der Waals surface area contributed by atoms with Gasteiger partial charge in [-0.25, -0.2) is 0 Å². The molecule has 70 valence electrons. The van der Waals surface area contributed by atoms with Crippen molar-refractivity contribution in [3.63, 3.8) is 0 Å². The highest BCUT2D eigenvalue weighted by Crippen LogP contribution is 2.60. The molecule has 1 unspecified atom stereocenters. The van der Waals surface area contributed by atoms with Gasteiger partial charge in [-0.1, -0.05) is 22.0 Å². The molecular weight excluding hydrogens is 273 g/mol. The summed E-state index contributed by atoms with van der Waals surface area (Å²) in [6.07, 6.45) is 0.818. The summed E-state index contributed by atoms with van der Waals surface area (Å²) >= 11 is 15.4. The first-order valence-corrected chi connectivity index (χ1v) is 5.48. The Kier molecular flexibility index (Phi) is 2.25. The Morgan fingerprint density at radius 1 is 1.46 bits per heavy atom. The van der Waals surface area contributed by atoms with Crippen LogP contribution in [-0.4, -0.2) is 4.33 Å². The van der Waals surface area contributed by atoms with Gasteiger partial charge in [0.05, 0.1) is 0 Å². The number of anilines is 1. The van der Waals surface area contributed by atoms with E-state index in [2.05, 4.69) is 15.9 Å². The first-order valence-electron chi connectivity index (χ1n) is 3.93. The van der Waals surface area contributed by atoms with Gasteiger partial charge in [-0.15, -0.1) is 23.2 Å². The van der Waals surface area contributed by atoms with Gasteiger partial charge in [-0.2, -0.15) is 0 Å². The molecule has 2 N–H and O–H groups in total. The average molecular weight is 281 g/mol. The van der Waals surface area contributed by atoms with Gasteiger partial charge in [-0.3, -0.25) is 0 Å². The number of hydrogen-bond donors (Lipinski definition) is 1. The summed E-state index contributed by atoms with van der Waals surface area (Å²) in [5.74, 6) is 0.241. The van der Waals surface area contributed by atoms with Crippen molar-refractivity contribution in [3.05, 3.63) is 28.2 Å². The topological polar surface area (TPSA) is 26.0 Å². The van der Waals surface area contributed by atoms with E-state index in [1.807, 2.05) is 18.2 Å². The van der Waals surface area contributed by atoms with Crippen LogP contribution in [0.5, 0.6) is 0 Å². The van der Waals surface area contributed by atoms with Crippen molar-refractivity contribution < 1.29 is 0 Å². The van der Waals surface area contributed by atoms with E-state index >= 15 is 0 Å². The molecule has 0 saturated heterocycles. The van der Waals surface area contributed by atoms with E-state index in [0.717, 1.165) is 22.1 Å². The molecule has 0 heterocycles. The number of nitrogen functional groups attached to an aromatic ring is 1. The Hall–Kier alpha value is 0.0800. The molecule has 13 heavy (non-hydrogen) atoms. The van der Waals surface area contributed by atoms with Crippen LogP contribution in [0.15, 0.2) is 22.7 Å². The quantitative estimate of drug-likeness (QED) is 0.616. The predicted octanol–water partition coefficient (Wildman–Crippen LogP) is 3.69. The second-order valence-electron chi connectivity index (χ2n) is 3.30. The van der Waals surface area contributed by atoms with Crippen LogP contribution in [0.1, 0.15) is 17.9 Å². The molecule has 0 amide bonds. The summed E-state index contributed by atoms with van der Waals surface area (Å²) in [6, 6.07) is 5.70. The Balaban J connectivity index is 2.33. The minimum atomic E-state index is -0.571. The Morgan fingerprint density at radius 3 is 2.54 bits per heavy atom.